The lowest BCUT2D eigenvalue weighted by Crippen LogP contribution is -2.37. The summed E-state index contributed by atoms with van der Waals surface area (Å²) >= 11 is 0. The van der Waals surface area contributed by atoms with Crippen molar-refractivity contribution in [3.8, 4) is 0 Å². The van der Waals surface area contributed by atoms with Gasteiger partial charge < -0.3 is 10.5 Å². The molecule has 0 aliphatic carbocycles. The molecule has 5 heteroatoms. The van der Waals surface area contributed by atoms with Gasteiger partial charge in [0, 0.05) is 12.7 Å². The summed E-state index contributed by atoms with van der Waals surface area (Å²) in [6.07, 6.45) is -0.745. The Kier molecular flexibility index (Phi) is 3.99. The second-order valence-corrected chi connectivity index (χ2v) is 4.08. The molecule has 0 amide bonds. The van der Waals surface area contributed by atoms with Gasteiger partial charge in [-0.3, -0.25) is 5.01 Å². The first-order chi connectivity index (χ1) is 9.15. The first-order valence-corrected chi connectivity index (χ1v) is 5.80. The van der Waals surface area contributed by atoms with Crippen LogP contribution in [0.4, 0.5) is 15.8 Å². The van der Waals surface area contributed by atoms with Crippen LogP contribution in [-0.2, 0) is 4.74 Å². The van der Waals surface area contributed by atoms with Gasteiger partial charge in [-0.05, 0) is 18.2 Å². The summed E-state index contributed by atoms with van der Waals surface area (Å²) in [5, 5.41) is 1.31. The van der Waals surface area contributed by atoms with Gasteiger partial charge in [0.1, 0.15) is 5.82 Å². The number of anilines is 2. The zero-order valence-corrected chi connectivity index (χ0v) is 10.6. The second-order valence-electron chi connectivity index (χ2n) is 4.08. The molecule has 100 valence electrons. The van der Waals surface area contributed by atoms with Gasteiger partial charge in [0.2, 0.25) is 0 Å². The van der Waals surface area contributed by atoms with E-state index >= 15 is 0 Å². The molecular weight excluding hydrogens is 245 g/mol. The maximum Gasteiger partial charge on any atom is 0.172 e. The van der Waals surface area contributed by atoms with Crippen LogP contribution < -0.4 is 16.6 Å². The normalized spacial score (nSPS) is 12.2. The molecule has 0 aliphatic rings. The molecule has 1 unspecified atom stereocenters. The van der Waals surface area contributed by atoms with E-state index in [0.717, 1.165) is 0 Å². The Balaban J connectivity index is 2.38. The summed E-state index contributed by atoms with van der Waals surface area (Å²) in [5.41, 5.74) is 7.30. The molecule has 0 spiro atoms. The molecule has 2 aromatic rings. The average molecular weight is 261 g/mol. The monoisotopic (exact) mass is 261 g/mol. The van der Waals surface area contributed by atoms with Crippen LogP contribution in [0, 0.1) is 5.82 Å². The molecule has 0 saturated carbocycles. The Hall–Kier alpha value is -2.11. The first-order valence-electron chi connectivity index (χ1n) is 5.80. The Morgan fingerprint density at radius 2 is 1.74 bits per heavy atom. The summed E-state index contributed by atoms with van der Waals surface area (Å²) < 4.78 is 19.1. The summed E-state index contributed by atoms with van der Waals surface area (Å²) in [4.78, 5) is 0. The molecule has 4 N–H and O–H groups in total. The highest BCUT2D eigenvalue weighted by Gasteiger charge is 2.21. The minimum Gasteiger partial charge on any atom is -0.397 e. The van der Waals surface area contributed by atoms with Crippen molar-refractivity contribution in [1.82, 2.24) is 0 Å². The van der Waals surface area contributed by atoms with Crippen LogP contribution in [0.3, 0.4) is 0 Å². The number of para-hydroxylation sites is 2. The van der Waals surface area contributed by atoms with E-state index in [0.29, 0.717) is 16.9 Å². The van der Waals surface area contributed by atoms with Crippen LogP contribution in [0.5, 0.6) is 0 Å². The predicted octanol–water partition coefficient (Wildman–Crippen LogP) is 2.43. The largest absolute Gasteiger partial charge is 0.397 e. The molecule has 0 aliphatic heterocycles. The SMILES string of the molecule is COC(c1ccccc1F)N(N)c1ccccc1N. The number of hydrogen-bond acceptors (Lipinski definition) is 4. The van der Waals surface area contributed by atoms with Crippen molar-refractivity contribution < 1.29 is 9.13 Å². The van der Waals surface area contributed by atoms with Gasteiger partial charge in [-0.15, -0.1) is 0 Å². The number of nitrogens with zero attached hydrogens (tertiary/aromatic N) is 1. The summed E-state index contributed by atoms with van der Waals surface area (Å²) in [5.74, 6) is 5.64. The van der Waals surface area contributed by atoms with Crippen molar-refractivity contribution in [2.75, 3.05) is 17.9 Å². The quantitative estimate of drug-likeness (QED) is 0.384. The van der Waals surface area contributed by atoms with Gasteiger partial charge in [0.05, 0.1) is 11.4 Å². The third kappa shape index (κ3) is 2.67. The lowest BCUT2D eigenvalue weighted by Gasteiger charge is -2.29. The Morgan fingerprint density at radius 3 is 2.37 bits per heavy atom. The van der Waals surface area contributed by atoms with E-state index < -0.39 is 6.23 Å². The lowest BCUT2D eigenvalue weighted by molar-refractivity contribution is 0.0962. The van der Waals surface area contributed by atoms with Gasteiger partial charge in [0.15, 0.2) is 6.23 Å². The molecule has 0 heterocycles. The fraction of sp³-hybridized carbons (Fsp3) is 0.143. The average Bonchev–Trinajstić information content (AvgIpc) is 2.42. The van der Waals surface area contributed by atoms with Crippen LogP contribution in [0.15, 0.2) is 48.5 Å². The smallest absolute Gasteiger partial charge is 0.172 e. The molecule has 0 bridgehead atoms. The number of methoxy groups -OCH3 is 1. The van der Waals surface area contributed by atoms with Crippen molar-refractivity contribution >= 4 is 11.4 Å². The van der Waals surface area contributed by atoms with Gasteiger partial charge >= 0.3 is 0 Å². The number of hydrogen-bond donors (Lipinski definition) is 2. The number of rotatable bonds is 4. The minimum atomic E-state index is -0.745. The predicted molar refractivity (Wildman–Crippen MR) is 73.7 cm³/mol. The van der Waals surface area contributed by atoms with Crippen molar-refractivity contribution in [3.05, 3.63) is 59.9 Å². The van der Waals surface area contributed by atoms with Crippen molar-refractivity contribution in [2.24, 2.45) is 5.84 Å². The second kappa shape index (κ2) is 5.69. The number of benzene rings is 2. The van der Waals surface area contributed by atoms with E-state index in [-0.39, 0.29) is 5.82 Å². The topological polar surface area (TPSA) is 64.5 Å². The maximum absolute atomic E-state index is 13.8. The van der Waals surface area contributed by atoms with E-state index in [4.69, 9.17) is 16.3 Å². The van der Waals surface area contributed by atoms with Crippen molar-refractivity contribution in [3.63, 3.8) is 0 Å². The van der Waals surface area contributed by atoms with E-state index in [1.807, 2.05) is 0 Å². The number of nitrogens with two attached hydrogens (primary N) is 2. The van der Waals surface area contributed by atoms with E-state index in [2.05, 4.69) is 0 Å². The highest BCUT2D eigenvalue weighted by Crippen LogP contribution is 2.29. The molecule has 0 aromatic heterocycles. The maximum atomic E-state index is 13.8. The zero-order valence-electron chi connectivity index (χ0n) is 10.6. The molecule has 0 saturated heterocycles. The number of nitrogen functional groups attached to an aromatic ring is 1. The standard InChI is InChI=1S/C14H16FN3O/c1-19-14(10-6-2-3-7-11(10)15)18(17)13-9-5-4-8-12(13)16/h2-9,14H,16-17H2,1H3. The van der Waals surface area contributed by atoms with Crippen LogP contribution in [0.1, 0.15) is 11.8 Å². The van der Waals surface area contributed by atoms with Gasteiger partial charge in [-0.1, -0.05) is 30.3 Å². The summed E-state index contributed by atoms with van der Waals surface area (Å²) in [6, 6.07) is 13.4. The molecule has 2 aromatic carbocycles. The van der Waals surface area contributed by atoms with Crippen LogP contribution in [0.2, 0.25) is 0 Å². The summed E-state index contributed by atoms with van der Waals surface area (Å²) in [6.45, 7) is 0. The van der Waals surface area contributed by atoms with Crippen LogP contribution in [0.25, 0.3) is 0 Å². The first kappa shape index (κ1) is 13.3. The third-order valence-corrected chi connectivity index (χ3v) is 2.86. The van der Waals surface area contributed by atoms with Crippen LogP contribution >= 0.6 is 0 Å². The van der Waals surface area contributed by atoms with Gasteiger partial charge in [0.25, 0.3) is 0 Å². The minimum absolute atomic E-state index is 0.357. The van der Waals surface area contributed by atoms with E-state index in [1.54, 1.807) is 42.5 Å². The number of hydrazine groups is 1. The Morgan fingerprint density at radius 1 is 1.11 bits per heavy atom. The van der Waals surface area contributed by atoms with Crippen molar-refractivity contribution in [1.29, 1.82) is 0 Å². The lowest BCUT2D eigenvalue weighted by atomic mass is 10.1. The van der Waals surface area contributed by atoms with Gasteiger partial charge in [-0.25, -0.2) is 10.2 Å². The fourth-order valence-corrected chi connectivity index (χ4v) is 1.91. The molecule has 19 heavy (non-hydrogen) atoms. The molecule has 1 atom stereocenters. The molecular formula is C14H16FN3O. The number of halogens is 1. The van der Waals surface area contributed by atoms with Crippen LogP contribution in [-0.4, -0.2) is 7.11 Å². The van der Waals surface area contributed by atoms with Crippen molar-refractivity contribution in [2.45, 2.75) is 6.23 Å². The zero-order chi connectivity index (χ0) is 13.8. The summed E-state index contributed by atoms with van der Waals surface area (Å²) in [7, 11) is 1.47. The Labute approximate surface area is 111 Å². The highest BCUT2D eigenvalue weighted by molar-refractivity contribution is 5.67. The Bertz CT molecular complexity index is 562. The van der Waals surface area contributed by atoms with E-state index in [1.165, 1.54) is 18.2 Å². The molecule has 2 rings (SSSR count). The van der Waals surface area contributed by atoms with E-state index in [9.17, 15) is 4.39 Å². The third-order valence-electron chi connectivity index (χ3n) is 2.86. The molecule has 0 fully saturated rings. The highest BCUT2D eigenvalue weighted by atomic mass is 19.1. The fourth-order valence-electron chi connectivity index (χ4n) is 1.91. The molecule has 4 nitrogen and oxygen atoms in total. The molecule has 0 radical (unpaired) electrons. The number of ether oxygens (including phenoxy) is 1. The van der Waals surface area contributed by atoms with Gasteiger partial charge in [-0.2, -0.15) is 0 Å².